The number of hydrogen-bond acceptors (Lipinski definition) is 6. The average Bonchev–Trinajstić information content (AvgIpc) is 3.18. The van der Waals surface area contributed by atoms with Gasteiger partial charge in [-0.25, -0.2) is 8.78 Å². The Morgan fingerprint density at radius 2 is 2.00 bits per heavy atom. The van der Waals surface area contributed by atoms with Crippen LogP contribution >= 0.6 is 11.8 Å². The number of hydrogen-bond donors (Lipinski definition) is 1. The molecule has 1 heterocycles. The summed E-state index contributed by atoms with van der Waals surface area (Å²) in [5.41, 5.74) is 0.169. The highest BCUT2D eigenvalue weighted by atomic mass is 32.2. The van der Waals surface area contributed by atoms with Crippen LogP contribution in [0.2, 0.25) is 0 Å². The van der Waals surface area contributed by atoms with E-state index < -0.39 is 23.6 Å². The Hall–Kier alpha value is -3.40. The number of methoxy groups -OCH3 is 1. The van der Waals surface area contributed by atoms with Gasteiger partial charge in [0.1, 0.15) is 11.5 Å². The molecule has 1 unspecified atom stereocenters. The predicted octanol–water partition coefficient (Wildman–Crippen LogP) is 4.62. The van der Waals surface area contributed by atoms with Crippen molar-refractivity contribution in [2.24, 2.45) is 0 Å². The van der Waals surface area contributed by atoms with E-state index in [9.17, 15) is 13.6 Å². The van der Waals surface area contributed by atoms with Gasteiger partial charge in [0.05, 0.1) is 12.9 Å². The molecule has 3 rings (SSSR count). The number of benzene rings is 2. The normalized spacial score (nSPS) is 11.6. The van der Waals surface area contributed by atoms with Gasteiger partial charge in [0.25, 0.3) is 0 Å². The minimum atomic E-state index is -1.03. The topological polar surface area (TPSA) is 78.3 Å². The lowest BCUT2D eigenvalue weighted by molar-refractivity contribution is -0.113. The van der Waals surface area contributed by atoms with Crippen molar-refractivity contribution in [2.75, 3.05) is 18.2 Å². The first-order valence-electron chi connectivity index (χ1n) is 9.63. The van der Waals surface area contributed by atoms with E-state index in [4.69, 9.17) is 9.47 Å². The summed E-state index contributed by atoms with van der Waals surface area (Å²) in [4.78, 5) is 12.2. The second kappa shape index (κ2) is 10.8. The Bertz CT molecular complexity index is 1110. The summed E-state index contributed by atoms with van der Waals surface area (Å²) >= 11 is 1.16. The van der Waals surface area contributed by atoms with Gasteiger partial charge in [-0.2, -0.15) is 0 Å². The zero-order valence-corrected chi connectivity index (χ0v) is 18.4. The molecule has 32 heavy (non-hydrogen) atoms. The number of allylic oxidation sites excluding steroid dienone is 1. The molecule has 0 aliphatic heterocycles. The van der Waals surface area contributed by atoms with E-state index in [0.29, 0.717) is 29.0 Å². The van der Waals surface area contributed by atoms with Gasteiger partial charge in [0.2, 0.25) is 5.91 Å². The number of nitrogens with one attached hydrogen (secondary N) is 1. The smallest absolute Gasteiger partial charge is 0.234 e. The van der Waals surface area contributed by atoms with E-state index in [1.54, 1.807) is 23.8 Å². The fourth-order valence-corrected chi connectivity index (χ4v) is 3.60. The van der Waals surface area contributed by atoms with Crippen molar-refractivity contribution >= 4 is 23.4 Å². The monoisotopic (exact) mass is 460 g/mol. The Labute approximate surface area is 188 Å². The van der Waals surface area contributed by atoms with Crippen molar-refractivity contribution in [3.63, 3.8) is 0 Å². The summed E-state index contributed by atoms with van der Waals surface area (Å²) in [7, 11) is 1.58. The average molecular weight is 461 g/mol. The Kier molecular flexibility index (Phi) is 7.82. The highest BCUT2D eigenvalue weighted by molar-refractivity contribution is 7.99. The molecule has 0 bridgehead atoms. The minimum absolute atomic E-state index is 0.000601. The second-order valence-electron chi connectivity index (χ2n) is 6.64. The maximum atomic E-state index is 13.3. The number of carbonyl (C=O) groups excluding carboxylic acids is 1. The maximum Gasteiger partial charge on any atom is 0.234 e. The molecule has 1 amide bonds. The molecule has 0 saturated carbocycles. The molecule has 0 saturated heterocycles. The third kappa shape index (κ3) is 5.85. The third-order valence-corrected chi connectivity index (χ3v) is 5.28. The van der Waals surface area contributed by atoms with Crippen LogP contribution in [0.25, 0.3) is 0 Å². The Balaban J connectivity index is 1.67. The SMILES string of the molecule is C=CCn1c(SCC(=O)Nc2ccc(F)c(F)c2)nnc1C(C)Oc1cccc(OC)c1. The van der Waals surface area contributed by atoms with Crippen LogP contribution in [0.5, 0.6) is 11.5 Å². The fourth-order valence-electron chi connectivity index (χ4n) is 2.84. The van der Waals surface area contributed by atoms with Crippen LogP contribution in [0.15, 0.2) is 60.3 Å². The van der Waals surface area contributed by atoms with E-state index in [2.05, 4.69) is 22.1 Å². The van der Waals surface area contributed by atoms with Crippen molar-refractivity contribution in [1.82, 2.24) is 14.8 Å². The number of halogens is 2. The highest BCUT2D eigenvalue weighted by Crippen LogP contribution is 2.27. The van der Waals surface area contributed by atoms with E-state index in [-0.39, 0.29) is 11.4 Å². The first-order valence-corrected chi connectivity index (χ1v) is 10.6. The number of carbonyl (C=O) groups is 1. The largest absolute Gasteiger partial charge is 0.497 e. The Morgan fingerprint density at radius 1 is 1.22 bits per heavy atom. The number of ether oxygens (including phenoxy) is 2. The number of aromatic nitrogens is 3. The molecule has 10 heteroatoms. The van der Waals surface area contributed by atoms with Crippen molar-refractivity contribution in [2.45, 2.75) is 24.7 Å². The fraction of sp³-hybridized carbons (Fsp3) is 0.227. The summed E-state index contributed by atoms with van der Waals surface area (Å²) in [6.07, 6.45) is 1.26. The lowest BCUT2D eigenvalue weighted by Crippen LogP contribution is -2.15. The standard InChI is InChI=1S/C22H22F2N4O3S/c1-4-10-28-21(14(2)31-17-7-5-6-16(12-17)30-3)26-27-22(28)32-13-20(29)25-15-8-9-18(23)19(24)11-15/h4-9,11-12,14H,1,10,13H2,2-3H3,(H,25,29). The van der Waals surface area contributed by atoms with Gasteiger partial charge in [-0.05, 0) is 31.2 Å². The summed E-state index contributed by atoms with van der Waals surface area (Å²) in [5, 5.41) is 11.4. The molecular weight excluding hydrogens is 438 g/mol. The van der Waals surface area contributed by atoms with E-state index >= 15 is 0 Å². The van der Waals surface area contributed by atoms with Gasteiger partial charge in [0, 0.05) is 24.4 Å². The number of rotatable bonds is 10. The van der Waals surface area contributed by atoms with Crippen LogP contribution in [0.1, 0.15) is 18.9 Å². The van der Waals surface area contributed by atoms with E-state index in [1.165, 1.54) is 6.07 Å². The van der Waals surface area contributed by atoms with Gasteiger partial charge in [-0.3, -0.25) is 9.36 Å². The molecule has 0 aliphatic rings. The van der Waals surface area contributed by atoms with Crippen LogP contribution in [0, 0.1) is 11.6 Å². The summed E-state index contributed by atoms with van der Waals surface area (Å²) in [6, 6.07) is 10.4. The van der Waals surface area contributed by atoms with Crippen LogP contribution in [-0.4, -0.2) is 33.5 Å². The third-order valence-electron chi connectivity index (χ3n) is 4.31. The number of anilines is 1. The first-order chi connectivity index (χ1) is 15.4. The zero-order valence-electron chi connectivity index (χ0n) is 17.5. The van der Waals surface area contributed by atoms with Crippen molar-refractivity contribution < 1.29 is 23.0 Å². The lowest BCUT2D eigenvalue weighted by atomic mass is 10.3. The molecule has 0 spiro atoms. The minimum Gasteiger partial charge on any atom is -0.497 e. The van der Waals surface area contributed by atoms with Gasteiger partial charge in [-0.1, -0.05) is 23.9 Å². The highest BCUT2D eigenvalue weighted by Gasteiger charge is 2.20. The molecule has 1 atom stereocenters. The van der Waals surface area contributed by atoms with Crippen LogP contribution in [0.4, 0.5) is 14.5 Å². The quantitative estimate of drug-likeness (QED) is 0.351. The van der Waals surface area contributed by atoms with Crippen LogP contribution < -0.4 is 14.8 Å². The maximum absolute atomic E-state index is 13.3. The number of amides is 1. The zero-order chi connectivity index (χ0) is 23.1. The van der Waals surface area contributed by atoms with Crippen molar-refractivity contribution in [1.29, 1.82) is 0 Å². The molecule has 1 N–H and O–H groups in total. The molecular formula is C22H22F2N4O3S. The molecule has 7 nitrogen and oxygen atoms in total. The van der Waals surface area contributed by atoms with E-state index in [0.717, 1.165) is 23.9 Å². The molecule has 1 aromatic heterocycles. The second-order valence-corrected chi connectivity index (χ2v) is 7.59. The van der Waals surface area contributed by atoms with Crippen LogP contribution in [-0.2, 0) is 11.3 Å². The molecule has 0 fully saturated rings. The molecule has 0 aliphatic carbocycles. The summed E-state index contributed by atoms with van der Waals surface area (Å²) in [6.45, 7) is 6.02. The van der Waals surface area contributed by atoms with E-state index in [1.807, 2.05) is 25.1 Å². The van der Waals surface area contributed by atoms with Crippen molar-refractivity contribution in [3.8, 4) is 11.5 Å². The Morgan fingerprint density at radius 3 is 2.72 bits per heavy atom. The lowest BCUT2D eigenvalue weighted by Gasteiger charge is -2.16. The molecule has 0 radical (unpaired) electrons. The molecule has 3 aromatic rings. The predicted molar refractivity (Wildman–Crippen MR) is 118 cm³/mol. The number of nitrogens with zero attached hydrogens (tertiary/aromatic N) is 3. The van der Waals surface area contributed by atoms with Crippen LogP contribution in [0.3, 0.4) is 0 Å². The first kappa shape index (κ1) is 23.3. The summed E-state index contributed by atoms with van der Waals surface area (Å²) < 4.78 is 39.3. The van der Waals surface area contributed by atoms with Gasteiger partial charge < -0.3 is 14.8 Å². The number of thioether (sulfide) groups is 1. The van der Waals surface area contributed by atoms with Gasteiger partial charge in [0.15, 0.2) is 28.7 Å². The van der Waals surface area contributed by atoms with Gasteiger partial charge in [-0.15, -0.1) is 16.8 Å². The van der Waals surface area contributed by atoms with Gasteiger partial charge >= 0.3 is 0 Å². The van der Waals surface area contributed by atoms with Crippen molar-refractivity contribution in [3.05, 3.63) is 72.6 Å². The molecule has 2 aromatic carbocycles. The summed E-state index contributed by atoms with van der Waals surface area (Å²) in [5.74, 6) is -0.550. The molecule has 168 valence electrons.